The number of pyridine rings is 1. The van der Waals surface area contributed by atoms with Crippen LogP contribution in [0.5, 0.6) is 11.5 Å². The lowest BCUT2D eigenvalue weighted by Crippen LogP contribution is -2.24. The summed E-state index contributed by atoms with van der Waals surface area (Å²) in [4.78, 5) is 18.0. The molecule has 138 valence electrons. The van der Waals surface area contributed by atoms with E-state index in [1.54, 1.807) is 32.5 Å². The fourth-order valence-electron chi connectivity index (χ4n) is 2.87. The van der Waals surface area contributed by atoms with Crippen molar-refractivity contribution in [3.05, 3.63) is 83.6 Å². The predicted molar refractivity (Wildman–Crippen MR) is 105 cm³/mol. The summed E-state index contributed by atoms with van der Waals surface area (Å²) >= 11 is 0. The zero-order chi connectivity index (χ0) is 19.1. The van der Waals surface area contributed by atoms with E-state index in [0.717, 1.165) is 28.9 Å². The monoisotopic (exact) mass is 362 g/mol. The Morgan fingerprint density at radius 2 is 1.37 bits per heavy atom. The summed E-state index contributed by atoms with van der Waals surface area (Å²) < 4.78 is 10.5. The van der Waals surface area contributed by atoms with Gasteiger partial charge in [-0.25, -0.2) is 4.98 Å². The summed E-state index contributed by atoms with van der Waals surface area (Å²) in [6.45, 7) is 1.24. The molecular weight excluding hydrogens is 340 g/mol. The third-order valence-corrected chi connectivity index (χ3v) is 4.31. The zero-order valence-corrected chi connectivity index (χ0v) is 15.5. The van der Waals surface area contributed by atoms with Gasteiger partial charge in [-0.05, 0) is 47.5 Å². The highest BCUT2D eigenvalue weighted by Gasteiger charge is 2.14. The average Bonchev–Trinajstić information content (AvgIpc) is 2.74. The van der Waals surface area contributed by atoms with Crippen LogP contribution in [0.1, 0.15) is 21.5 Å². The second-order valence-electron chi connectivity index (χ2n) is 6.09. The molecule has 5 heteroatoms. The molecule has 0 fully saturated rings. The fraction of sp³-hybridized carbons (Fsp3) is 0.182. The molecule has 0 aliphatic heterocycles. The summed E-state index contributed by atoms with van der Waals surface area (Å²) in [5.74, 6) is 2.29. The van der Waals surface area contributed by atoms with Crippen molar-refractivity contribution in [1.29, 1.82) is 0 Å². The Morgan fingerprint density at radius 3 is 1.81 bits per heavy atom. The highest BCUT2D eigenvalue weighted by molar-refractivity contribution is 5.82. The van der Waals surface area contributed by atoms with Crippen molar-refractivity contribution in [2.45, 2.75) is 13.1 Å². The Bertz CT molecular complexity index is 827. The molecule has 1 aromatic heterocycles. The molecule has 0 N–H and O–H groups in total. The lowest BCUT2D eigenvalue weighted by atomic mass is 10.1. The van der Waals surface area contributed by atoms with E-state index in [-0.39, 0.29) is 0 Å². The molecule has 0 unspecified atom stereocenters. The molecule has 3 aromatic rings. The van der Waals surface area contributed by atoms with Gasteiger partial charge in [0.1, 0.15) is 17.3 Å². The van der Waals surface area contributed by atoms with E-state index in [0.29, 0.717) is 24.5 Å². The van der Waals surface area contributed by atoms with E-state index in [2.05, 4.69) is 9.88 Å². The maximum Gasteiger partial charge on any atom is 0.153 e. The molecule has 0 saturated heterocycles. The largest absolute Gasteiger partial charge is 0.497 e. The molecule has 27 heavy (non-hydrogen) atoms. The van der Waals surface area contributed by atoms with Crippen LogP contribution in [0.3, 0.4) is 0 Å². The molecule has 0 radical (unpaired) electrons. The van der Waals surface area contributed by atoms with Crippen molar-refractivity contribution < 1.29 is 14.3 Å². The number of ether oxygens (including phenoxy) is 2. The van der Waals surface area contributed by atoms with Crippen LogP contribution in [0.15, 0.2) is 66.9 Å². The molecule has 3 rings (SSSR count). The number of benzene rings is 2. The standard InChI is InChI=1S/C22H22N2O3/c1-26-20-9-5-17(6-10-20)14-24(22-19(16-25)4-3-13-23-22)15-18-7-11-21(27-2)12-8-18/h3-13,16H,14-15H2,1-2H3. The van der Waals surface area contributed by atoms with Crippen LogP contribution in [0.25, 0.3) is 0 Å². The SMILES string of the molecule is COc1ccc(CN(Cc2ccc(OC)cc2)c2ncccc2C=O)cc1. The lowest BCUT2D eigenvalue weighted by Gasteiger charge is -2.25. The first-order valence-corrected chi connectivity index (χ1v) is 8.64. The van der Waals surface area contributed by atoms with Gasteiger partial charge in [0.05, 0.1) is 19.8 Å². The number of aldehydes is 1. The second-order valence-corrected chi connectivity index (χ2v) is 6.09. The predicted octanol–water partition coefficient (Wildman–Crippen LogP) is 4.12. The van der Waals surface area contributed by atoms with Crippen LogP contribution in [-0.4, -0.2) is 25.5 Å². The van der Waals surface area contributed by atoms with E-state index in [9.17, 15) is 4.79 Å². The van der Waals surface area contributed by atoms with Crippen LogP contribution in [-0.2, 0) is 13.1 Å². The summed E-state index contributed by atoms with van der Waals surface area (Å²) in [6.07, 6.45) is 2.55. The van der Waals surface area contributed by atoms with Gasteiger partial charge in [0.15, 0.2) is 6.29 Å². The van der Waals surface area contributed by atoms with Crippen LogP contribution in [0.4, 0.5) is 5.82 Å². The molecule has 0 saturated carbocycles. The van der Waals surface area contributed by atoms with Crippen molar-refractivity contribution in [3.63, 3.8) is 0 Å². The lowest BCUT2D eigenvalue weighted by molar-refractivity contribution is 0.112. The normalized spacial score (nSPS) is 10.3. The smallest absolute Gasteiger partial charge is 0.153 e. The second kappa shape index (κ2) is 8.85. The zero-order valence-electron chi connectivity index (χ0n) is 15.5. The number of rotatable bonds is 8. The van der Waals surface area contributed by atoms with Gasteiger partial charge < -0.3 is 14.4 Å². The number of nitrogens with zero attached hydrogens (tertiary/aromatic N) is 2. The van der Waals surface area contributed by atoms with Gasteiger partial charge in [0.25, 0.3) is 0 Å². The number of carbonyl (C=O) groups is 1. The first kappa shape index (κ1) is 18.5. The Balaban J connectivity index is 1.90. The van der Waals surface area contributed by atoms with E-state index < -0.39 is 0 Å². The Hall–Kier alpha value is -3.34. The van der Waals surface area contributed by atoms with Crippen molar-refractivity contribution in [2.24, 2.45) is 0 Å². The van der Waals surface area contributed by atoms with Crippen molar-refractivity contribution in [2.75, 3.05) is 19.1 Å². The molecule has 5 nitrogen and oxygen atoms in total. The van der Waals surface area contributed by atoms with Gasteiger partial charge in [0.2, 0.25) is 0 Å². The minimum absolute atomic E-state index is 0.569. The summed E-state index contributed by atoms with van der Waals surface area (Å²) in [5.41, 5.74) is 2.78. The topological polar surface area (TPSA) is 51.7 Å². The highest BCUT2D eigenvalue weighted by Crippen LogP contribution is 2.23. The number of hydrogen-bond donors (Lipinski definition) is 0. The third-order valence-electron chi connectivity index (χ3n) is 4.31. The Labute approximate surface area is 159 Å². The van der Waals surface area contributed by atoms with Gasteiger partial charge in [-0.3, -0.25) is 4.79 Å². The first-order valence-electron chi connectivity index (χ1n) is 8.64. The minimum atomic E-state index is 0.569. The summed E-state index contributed by atoms with van der Waals surface area (Å²) in [5, 5.41) is 0. The maximum absolute atomic E-state index is 11.5. The Morgan fingerprint density at radius 1 is 0.852 bits per heavy atom. The van der Waals surface area contributed by atoms with E-state index in [1.807, 2.05) is 48.5 Å². The molecule has 0 amide bonds. The molecule has 0 aliphatic carbocycles. The number of methoxy groups -OCH3 is 2. The van der Waals surface area contributed by atoms with Gasteiger partial charge >= 0.3 is 0 Å². The molecular formula is C22H22N2O3. The molecule has 0 bridgehead atoms. The number of aromatic nitrogens is 1. The third kappa shape index (κ3) is 4.64. The molecule has 0 spiro atoms. The van der Waals surface area contributed by atoms with Crippen molar-refractivity contribution in [1.82, 2.24) is 4.98 Å². The number of carbonyl (C=O) groups excluding carboxylic acids is 1. The van der Waals surface area contributed by atoms with Gasteiger partial charge in [-0.2, -0.15) is 0 Å². The molecule has 2 aromatic carbocycles. The van der Waals surface area contributed by atoms with Crippen LogP contribution < -0.4 is 14.4 Å². The first-order chi connectivity index (χ1) is 13.2. The quantitative estimate of drug-likeness (QED) is 0.564. The average molecular weight is 362 g/mol. The van der Waals surface area contributed by atoms with Gasteiger partial charge in [-0.1, -0.05) is 24.3 Å². The van der Waals surface area contributed by atoms with E-state index >= 15 is 0 Å². The summed E-state index contributed by atoms with van der Waals surface area (Å²) in [6, 6.07) is 19.3. The van der Waals surface area contributed by atoms with Gasteiger partial charge in [-0.15, -0.1) is 0 Å². The van der Waals surface area contributed by atoms with Crippen molar-refractivity contribution >= 4 is 12.1 Å². The Kier molecular flexibility index (Phi) is 6.05. The van der Waals surface area contributed by atoms with E-state index in [1.165, 1.54) is 0 Å². The van der Waals surface area contributed by atoms with Crippen LogP contribution >= 0.6 is 0 Å². The van der Waals surface area contributed by atoms with Crippen LogP contribution in [0.2, 0.25) is 0 Å². The fourth-order valence-corrected chi connectivity index (χ4v) is 2.87. The molecule has 1 heterocycles. The van der Waals surface area contributed by atoms with Crippen molar-refractivity contribution in [3.8, 4) is 11.5 Å². The van der Waals surface area contributed by atoms with Gasteiger partial charge in [0, 0.05) is 19.3 Å². The minimum Gasteiger partial charge on any atom is -0.497 e. The maximum atomic E-state index is 11.5. The van der Waals surface area contributed by atoms with Crippen LogP contribution in [0, 0.1) is 0 Å². The summed E-state index contributed by atoms with van der Waals surface area (Å²) in [7, 11) is 3.30. The number of anilines is 1. The molecule has 0 aliphatic rings. The number of hydrogen-bond acceptors (Lipinski definition) is 5. The van der Waals surface area contributed by atoms with E-state index in [4.69, 9.17) is 9.47 Å². The highest BCUT2D eigenvalue weighted by atomic mass is 16.5. The molecule has 0 atom stereocenters.